The third kappa shape index (κ3) is 3.99. The number of nitrogens with one attached hydrogen (secondary N) is 2. The molecule has 0 aliphatic heterocycles. The van der Waals surface area contributed by atoms with Gasteiger partial charge in [-0.3, -0.25) is 4.79 Å². The number of H-pyrrole nitrogens is 1. The van der Waals surface area contributed by atoms with E-state index in [0.29, 0.717) is 12.7 Å². The van der Waals surface area contributed by atoms with E-state index in [9.17, 15) is 9.59 Å². The van der Waals surface area contributed by atoms with Gasteiger partial charge < -0.3 is 20.8 Å². The Morgan fingerprint density at radius 1 is 1.65 bits per heavy atom. The number of amides is 1. The molecular weight excluding hydrogens is 220 g/mol. The van der Waals surface area contributed by atoms with Crippen molar-refractivity contribution in [2.75, 3.05) is 0 Å². The molecule has 94 valence electrons. The summed E-state index contributed by atoms with van der Waals surface area (Å²) in [4.78, 5) is 29.2. The molecule has 0 saturated carbocycles. The molecule has 1 heterocycles. The third-order valence-corrected chi connectivity index (χ3v) is 2.51. The SMILES string of the molecule is CC(C)[C@@H](N)C(=O)N[C@@H](C=O)Cc1cnc[nH]1. The highest BCUT2D eigenvalue weighted by Gasteiger charge is 2.20. The number of aromatic amines is 1. The summed E-state index contributed by atoms with van der Waals surface area (Å²) in [7, 11) is 0. The van der Waals surface area contributed by atoms with Gasteiger partial charge in [0.1, 0.15) is 6.29 Å². The molecule has 0 aliphatic carbocycles. The van der Waals surface area contributed by atoms with Crippen molar-refractivity contribution in [3.8, 4) is 0 Å². The minimum atomic E-state index is -0.598. The number of hydrogen-bond donors (Lipinski definition) is 3. The number of hydrogen-bond acceptors (Lipinski definition) is 4. The van der Waals surface area contributed by atoms with E-state index in [2.05, 4.69) is 15.3 Å². The van der Waals surface area contributed by atoms with Crippen LogP contribution in [0.1, 0.15) is 19.5 Å². The van der Waals surface area contributed by atoms with Crippen LogP contribution in [0.4, 0.5) is 0 Å². The van der Waals surface area contributed by atoms with E-state index in [4.69, 9.17) is 5.73 Å². The Labute approximate surface area is 100.0 Å². The minimum Gasteiger partial charge on any atom is -0.348 e. The highest BCUT2D eigenvalue weighted by molar-refractivity contribution is 5.84. The smallest absolute Gasteiger partial charge is 0.237 e. The maximum absolute atomic E-state index is 11.7. The van der Waals surface area contributed by atoms with Gasteiger partial charge in [-0.25, -0.2) is 4.98 Å². The van der Waals surface area contributed by atoms with E-state index < -0.39 is 12.1 Å². The number of rotatable bonds is 6. The molecule has 0 unspecified atom stereocenters. The van der Waals surface area contributed by atoms with E-state index in [-0.39, 0.29) is 11.8 Å². The standard InChI is InChI=1S/C11H18N4O2/c1-7(2)10(12)11(17)15-9(5-16)3-8-4-13-6-14-8/h4-7,9-10H,3,12H2,1-2H3,(H,13,14)(H,15,17)/t9-,10-/m1/s1. The van der Waals surface area contributed by atoms with Crippen molar-refractivity contribution in [3.63, 3.8) is 0 Å². The Hall–Kier alpha value is -1.69. The van der Waals surface area contributed by atoms with Crippen molar-refractivity contribution < 1.29 is 9.59 Å². The van der Waals surface area contributed by atoms with Crippen LogP contribution in [0.15, 0.2) is 12.5 Å². The summed E-state index contributed by atoms with van der Waals surface area (Å²) >= 11 is 0. The second-order valence-electron chi connectivity index (χ2n) is 4.30. The van der Waals surface area contributed by atoms with E-state index in [0.717, 1.165) is 5.69 Å². The Bertz CT molecular complexity index is 362. The topological polar surface area (TPSA) is 101 Å². The van der Waals surface area contributed by atoms with Gasteiger partial charge in [0.25, 0.3) is 0 Å². The van der Waals surface area contributed by atoms with E-state index in [1.54, 1.807) is 6.20 Å². The first-order valence-electron chi connectivity index (χ1n) is 5.53. The normalized spacial score (nSPS) is 14.4. The van der Waals surface area contributed by atoms with Crippen molar-refractivity contribution in [1.29, 1.82) is 0 Å². The fourth-order valence-corrected chi connectivity index (χ4v) is 1.35. The highest BCUT2D eigenvalue weighted by atomic mass is 16.2. The molecule has 0 bridgehead atoms. The predicted octanol–water partition coefficient (Wildman–Crippen LogP) is -0.381. The monoisotopic (exact) mass is 238 g/mol. The van der Waals surface area contributed by atoms with Gasteiger partial charge >= 0.3 is 0 Å². The summed E-state index contributed by atoms with van der Waals surface area (Å²) in [6.07, 6.45) is 4.23. The number of nitrogens with zero attached hydrogens (tertiary/aromatic N) is 1. The number of aromatic nitrogens is 2. The van der Waals surface area contributed by atoms with Crippen molar-refractivity contribution in [3.05, 3.63) is 18.2 Å². The fourth-order valence-electron chi connectivity index (χ4n) is 1.35. The summed E-state index contributed by atoms with van der Waals surface area (Å²) in [5.41, 5.74) is 6.48. The molecule has 1 amide bonds. The first-order chi connectivity index (χ1) is 8.04. The molecule has 1 aromatic heterocycles. The molecule has 0 radical (unpaired) electrons. The lowest BCUT2D eigenvalue weighted by molar-refractivity contribution is -0.125. The molecule has 6 nitrogen and oxygen atoms in total. The van der Waals surface area contributed by atoms with Gasteiger partial charge in [0.15, 0.2) is 0 Å². The van der Waals surface area contributed by atoms with Gasteiger partial charge in [-0.05, 0) is 5.92 Å². The van der Waals surface area contributed by atoms with Crippen LogP contribution in [0.25, 0.3) is 0 Å². The van der Waals surface area contributed by atoms with Crippen LogP contribution in [-0.4, -0.2) is 34.2 Å². The lowest BCUT2D eigenvalue weighted by atomic mass is 10.0. The molecule has 0 aromatic carbocycles. The quantitative estimate of drug-likeness (QED) is 0.588. The first-order valence-corrected chi connectivity index (χ1v) is 5.53. The Balaban J connectivity index is 2.52. The molecular formula is C11H18N4O2. The number of imidazole rings is 1. The maximum atomic E-state index is 11.7. The maximum Gasteiger partial charge on any atom is 0.237 e. The van der Waals surface area contributed by atoms with Crippen molar-refractivity contribution in [2.24, 2.45) is 11.7 Å². The van der Waals surface area contributed by atoms with Gasteiger partial charge in [-0.15, -0.1) is 0 Å². The van der Waals surface area contributed by atoms with Gasteiger partial charge in [0.05, 0.1) is 18.4 Å². The Morgan fingerprint density at radius 3 is 2.82 bits per heavy atom. The number of nitrogens with two attached hydrogens (primary N) is 1. The zero-order valence-electron chi connectivity index (χ0n) is 10.0. The summed E-state index contributed by atoms with van der Waals surface area (Å²) in [5.74, 6) is -0.272. The van der Waals surface area contributed by atoms with Crippen LogP contribution in [0, 0.1) is 5.92 Å². The molecule has 17 heavy (non-hydrogen) atoms. The molecule has 1 aromatic rings. The van der Waals surface area contributed by atoms with Gasteiger partial charge in [-0.2, -0.15) is 0 Å². The van der Waals surface area contributed by atoms with Crippen LogP contribution in [-0.2, 0) is 16.0 Å². The van der Waals surface area contributed by atoms with E-state index in [1.807, 2.05) is 13.8 Å². The van der Waals surface area contributed by atoms with Gasteiger partial charge in [0, 0.05) is 18.3 Å². The second-order valence-corrected chi connectivity index (χ2v) is 4.30. The average Bonchev–Trinajstić information content (AvgIpc) is 2.79. The highest BCUT2D eigenvalue weighted by Crippen LogP contribution is 2.00. The largest absolute Gasteiger partial charge is 0.348 e. The average molecular weight is 238 g/mol. The van der Waals surface area contributed by atoms with Crippen LogP contribution in [0.3, 0.4) is 0 Å². The van der Waals surface area contributed by atoms with Gasteiger partial charge in [-0.1, -0.05) is 13.8 Å². The zero-order valence-corrected chi connectivity index (χ0v) is 10.0. The number of aldehydes is 1. The van der Waals surface area contributed by atoms with Crippen molar-refractivity contribution >= 4 is 12.2 Å². The molecule has 0 spiro atoms. The van der Waals surface area contributed by atoms with Gasteiger partial charge in [0.2, 0.25) is 5.91 Å². The summed E-state index contributed by atoms with van der Waals surface area (Å²) < 4.78 is 0. The fraction of sp³-hybridized carbons (Fsp3) is 0.545. The van der Waals surface area contributed by atoms with Crippen LogP contribution in [0.2, 0.25) is 0 Å². The first kappa shape index (κ1) is 13.4. The van der Waals surface area contributed by atoms with Crippen molar-refractivity contribution in [2.45, 2.75) is 32.4 Å². The summed E-state index contributed by atoms with van der Waals surface area (Å²) in [6.45, 7) is 3.71. The molecule has 6 heteroatoms. The third-order valence-electron chi connectivity index (χ3n) is 2.51. The predicted molar refractivity (Wildman–Crippen MR) is 63.1 cm³/mol. The minimum absolute atomic E-state index is 0.0365. The Morgan fingerprint density at radius 2 is 2.35 bits per heavy atom. The summed E-state index contributed by atoms with van der Waals surface area (Å²) in [5, 5.41) is 2.61. The molecule has 2 atom stereocenters. The van der Waals surface area contributed by atoms with Crippen LogP contribution < -0.4 is 11.1 Å². The molecule has 0 fully saturated rings. The molecule has 4 N–H and O–H groups in total. The van der Waals surface area contributed by atoms with E-state index in [1.165, 1.54) is 6.33 Å². The lowest BCUT2D eigenvalue weighted by Crippen LogP contribution is -2.49. The lowest BCUT2D eigenvalue weighted by Gasteiger charge is -2.18. The zero-order chi connectivity index (χ0) is 12.8. The van der Waals surface area contributed by atoms with Crippen LogP contribution >= 0.6 is 0 Å². The molecule has 0 aliphatic rings. The summed E-state index contributed by atoms with van der Waals surface area (Å²) in [6, 6.07) is -1.17. The number of carbonyl (C=O) groups is 2. The van der Waals surface area contributed by atoms with E-state index >= 15 is 0 Å². The molecule has 1 rings (SSSR count). The molecule has 0 saturated heterocycles. The second kappa shape index (κ2) is 6.15. The number of carbonyl (C=O) groups excluding carboxylic acids is 2. The van der Waals surface area contributed by atoms with Crippen molar-refractivity contribution in [1.82, 2.24) is 15.3 Å². The van der Waals surface area contributed by atoms with Crippen LogP contribution in [0.5, 0.6) is 0 Å². The Kier molecular flexibility index (Phi) is 4.84.